The fourth-order valence-electron chi connectivity index (χ4n) is 3.44. The van der Waals surface area contributed by atoms with Crippen molar-refractivity contribution in [3.63, 3.8) is 0 Å². The predicted octanol–water partition coefficient (Wildman–Crippen LogP) is 2.05. The van der Waals surface area contributed by atoms with Crippen molar-refractivity contribution >= 4 is 34.1 Å². The van der Waals surface area contributed by atoms with Crippen LogP contribution in [0.4, 0.5) is 5.00 Å². The number of hydrogen-bond acceptors (Lipinski definition) is 9. The van der Waals surface area contributed by atoms with E-state index in [9.17, 15) is 19.6 Å². The molecule has 1 aliphatic carbocycles. The Hall–Kier alpha value is -3.78. The number of fused-ring (bicyclic) bond motifs is 1. The molecule has 0 aliphatic heterocycles. The summed E-state index contributed by atoms with van der Waals surface area (Å²) in [6.45, 7) is -0.980. The number of ether oxygens (including phenoxy) is 4. The summed E-state index contributed by atoms with van der Waals surface area (Å²) in [5.41, 5.74) is 1.65. The summed E-state index contributed by atoms with van der Waals surface area (Å²) in [5, 5.41) is 14.9. The van der Waals surface area contributed by atoms with E-state index in [0.29, 0.717) is 16.3 Å². The highest BCUT2D eigenvalue weighted by atomic mass is 32.1. The molecule has 2 aromatic rings. The molecule has 0 fully saturated rings. The van der Waals surface area contributed by atoms with Crippen LogP contribution in [-0.4, -0.2) is 52.3 Å². The molecule has 0 atom stereocenters. The molecule has 3 rings (SSSR count). The summed E-state index contributed by atoms with van der Waals surface area (Å²) in [6, 6.07) is 5.02. The first-order valence-corrected chi connectivity index (χ1v) is 10.8. The zero-order valence-corrected chi connectivity index (χ0v) is 19.2. The number of nitrogens with one attached hydrogen (secondary N) is 2. The Kier molecular flexibility index (Phi) is 7.74. The molecule has 1 aromatic heterocycles. The molecule has 0 bridgehead atoms. The lowest BCUT2D eigenvalue weighted by Crippen LogP contribution is -2.32. The van der Waals surface area contributed by atoms with Crippen LogP contribution in [-0.2, 0) is 27.2 Å². The smallest absolute Gasteiger partial charge is 0.325 e. The number of carbonyl (C=O) groups is 3. The second-order valence-electron chi connectivity index (χ2n) is 6.98. The summed E-state index contributed by atoms with van der Waals surface area (Å²) in [4.78, 5) is 37.7. The lowest BCUT2D eigenvalue weighted by Gasteiger charge is -2.14. The zero-order chi connectivity index (χ0) is 24.0. The Morgan fingerprint density at radius 2 is 1.79 bits per heavy atom. The summed E-state index contributed by atoms with van der Waals surface area (Å²) >= 11 is 1.37. The molecule has 2 amide bonds. The largest absolute Gasteiger partial charge is 0.493 e. The van der Waals surface area contributed by atoms with Crippen molar-refractivity contribution in [3.8, 4) is 23.3 Å². The first-order valence-electron chi connectivity index (χ1n) is 10.00. The van der Waals surface area contributed by atoms with E-state index in [1.807, 2.05) is 0 Å². The molecule has 10 nitrogen and oxygen atoms in total. The van der Waals surface area contributed by atoms with Crippen molar-refractivity contribution in [2.45, 2.75) is 19.3 Å². The third-order valence-electron chi connectivity index (χ3n) is 4.97. The van der Waals surface area contributed by atoms with E-state index in [0.717, 1.165) is 29.7 Å². The number of carbonyl (C=O) groups excluding carboxylic acids is 3. The molecule has 0 unspecified atom stereocenters. The molecule has 174 valence electrons. The van der Waals surface area contributed by atoms with Gasteiger partial charge in [-0.15, -0.1) is 11.3 Å². The van der Waals surface area contributed by atoms with Gasteiger partial charge in [-0.25, -0.2) is 0 Å². The lowest BCUT2D eigenvalue weighted by molar-refractivity contribution is -0.146. The van der Waals surface area contributed by atoms with Crippen LogP contribution < -0.4 is 24.8 Å². The third kappa shape index (κ3) is 5.35. The van der Waals surface area contributed by atoms with Gasteiger partial charge in [0, 0.05) is 10.4 Å². The summed E-state index contributed by atoms with van der Waals surface area (Å²) in [5.74, 6) is -1.01. The Morgan fingerprint density at radius 1 is 1.09 bits per heavy atom. The Balaban J connectivity index is 1.51. The number of aryl methyl sites for hydroxylation is 1. The molecule has 1 heterocycles. The van der Waals surface area contributed by atoms with Crippen LogP contribution in [0.3, 0.4) is 0 Å². The second kappa shape index (κ2) is 10.7. The van der Waals surface area contributed by atoms with Crippen molar-refractivity contribution in [2.75, 3.05) is 39.8 Å². The average Bonchev–Trinajstić information content (AvgIpc) is 3.40. The molecule has 33 heavy (non-hydrogen) atoms. The first-order chi connectivity index (χ1) is 15.9. The summed E-state index contributed by atoms with van der Waals surface area (Å²) in [6.07, 6.45) is 2.72. The van der Waals surface area contributed by atoms with Crippen molar-refractivity contribution in [1.29, 1.82) is 5.26 Å². The number of thiophene rings is 1. The predicted molar refractivity (Wildman–Crippen MR) is 119 cm³/mol. The van der Waals surface area contributed by atoms with Crippen LogP contribution in [0.1, 0.15) is 32.8 Å². The average molecular weight is 474 g/mol. The topological polar surface area (TPSA) is 136 Å². The highest BCUT2D eigenvalue weighted by molar-refractivity contribution is 7.16. The van der Waals surface area contributed by atoms with Crippen molar-refractivity contribution in [2.24, 2.45) is 0 Å². The van der Waals surface area contributed by atoms with E-state index in [1.165, 1.54) is 44.8 Å². The number of nitrogens with zero attached hydrogens (tertiary/aromatic N) is 1. The molecule has 0 radical (unpaired) electrons. The monoisotopic (exact) mass is 473 g/mol. The van der Waals surface area contributed by atoms with Gasteiger partial charge in [0.15, 0.2) is 18.1 Å². The van der Waals surface area contributed by atoms with Gasteiger partial charge in [-0.1, -0.05) is 0 Å². The molecule has 11 heteroatoms. The van der Waals surface area contributed by atoms with Gasteiger partial charge in [-0.3, -0.25) is 14.4 Å². The molecule has 1 aromatic carbocycles. The number of amides is 2. The normalized spacial score (nSPS) is 11.7. The minimum atomic E-state index is -0.792. The standard InChI is InChI=1S/C22H23N3O7S/c1-29-15-7-12(8-16(30-2)20(15)31-3)21(28)24-10-19(27)32-11-18(26)25-22-14(9-23)13-5-4-6-17(13)33-22/h7-8H,4-6,10-11H2,1-3H3,(H,24,28)(H,25,26). The summed E-state index contributed by atoms with van der Waals surface area (Å²) in [7, 11) is 4.29. The number of nitriles is 1. The van der Waals surface area contributed by atoms with Crippen LogP contribution >= 0.6 is 11.3 Å². The van der Waals surface area contributed by atoms with Gasteiger partial charge >= 0.3 is 5.97 Å². The SMILES string of the molecule is COc1cc(C(=O)NCC(=O)OCC(=O)Nc2sc3c(c2C#N)CCC3)cc(OC)c1OC. The van der Waals surface area contributed by atoms with Crippen molar-refractivity contribution in [1.82, 2.24) is 5.32 Å². The zero-order valence-electron chi connectivity index (χ0n) is 18.4. The number of hydrogen-bond donors (Lipinski definition) is 2. The van der Waals surface area contributed by atoms with Crippen molar-refractivity contribution < 1.29 is 33.3 Å². The highest BCUT2D eigenvalue weighted by Gasteiger charge is 2.23. The fourth-order valence-corrected chi connectivity index (χ4v) is 4.69. The van der Waals surface area contributed by atoms with E-state index in [4.69, 9.17) is 18.9 Å². The first kappa shape index (κ1) is 23.9. The number of benzene rings is 1. The number of methoxy groups -OCH3 is 3. The van der Waals surface area contributed by atoms with E-state index >= 15 is 0 Å². The van der Waals surface area contributed by atoms with E-state index in [2.05, 4.69) is 16.7 Å². The van der Waals surface area contributed by atoms with Gasteiger partial charge in [-0.2, -0.15) is 5.26 Å². The van der Waals surface area contributed by atoms with Crippen molar-refractivity contribution in [3.05, 3.63) is 33.7 Å². The minimum absolute atomic E-state index is 0.185. The van der Waals surface area contributed by atoms with Crippen LogP contribution in [0, 0.1) is 11.3 Å². The van der Waals surface area contributed by atoms with Gasteiger partial charge in [0.25, 0.3) is 11.8 Å². The number of anilines is 1. The number of esters is 1. The maximum Gasteiger partial charge on any atom is 0.325 e. The van der Waals surface area contributed by atoms with E-state index in [-0.39, 0.29) is 17.1 Å². The molecular formula is C22H23N3O7S. The molecular weight excluding hydrogens is 450 g/mol. The maximum atomic E-state index is 12.4. The maximum absolute atomic E-state index is 12.4. The Morgan fingerprint density at radius 3 is 2.39 bits per heavy atom. The quantitative estimate of drug-likeness (QED) is 0.528. The van der Waals surface area contributed by atoms with Gasteiger partial charge in [0.1, 0.15) is 17.6 Å². The van der Waals surface area contributed by atoms with Gasteiger partial charge < -0.3 is 29.6 Å². The number of rotatable bonds is 9. The Bertz CT molecular complexity index is 1090. The van der Waals surface area contributed by atoms with E-state index in [1.54, 1.807) is 0 Å². The Labute approximate surface area is 194 Å². The van der Waals surface area contributed by atoms with Gasteiger partial charge in [0.05, 0.1) is 26.9 Å². The highest BCUT2D eigenvalue weighted by Crippen LogP contribution is 2.39. The van der Waals surface area contributed by atoms with Crippen LogP contribution in [0.25, 0.3) is 0 Å². The van der Waals surface area contributed by atoms with Crippen LogP contribution in [0.2, 0.25) is 0 Å². The van der Waals surface area contributed by atoms with Gasteiger partial charge in [-0.05, 0) is 37.0 Å². The summed E-state index contributed by atoms with van der Waals surface area (Å²) < 4.78 is 20.5. The molecule has 1 aliphatic rings. The fraction of sp³-hybridized carbons (Fsp3) is 0.364. The van der Waals surface area contributed by atoms with Crippen LogP contribution in [0.15, 0.2) is 12.1 Å². The third-order valence-corrected chi connectivity index (χ3v) is 6.18. The molecule has 0 saturated carbocycles. The second-order valence-corrected chi connectivity index (χ2v) is 8.08. The van der Waals surface area contributed by atoms with E-state index < -0.39 is 30.9 Å². The molecule has 0 saturated heterocycles. The lowest BCUT2D eigenvalue weighted by atomic mass is 10.1. The van der Waals surface area contributed by atoms with Gasteiger partial charge in [0.2, 0.25) is 5.75 Å². The molecule has 2 N–H and O–H groups in total. The molecule has 0 spiro atoms. The minimum Gasteiger partial charge on any atom is -0.493 e. The van der Waals surface area contributed by atoms with Crippen LogP contribution in [0.5, 0.6) is 17.2 Å².